The lowest BCUT2D eigenvalue weighted by atomic mass is 10.1. The maximum atomic E-state index is 12.1. The van der Waals surface area contributed by atoms with Crippen LogP contribution in [0.15, 0.2) is 36.7 Å². The molecule has 0 unspecified atom stereocenters. The number of hydrogen-bond acceptors (Lipinski definition) is 3. The second kappa shape index (κ2) is 5.60. The number of halogens is 2. The summed E-state index contributed by atoms with van der Waals surface area (Å²) in [5.41, 5.74) is 0.699. The maximum absolute atomic E-state index is 12.1. The molecule has 0 radical (unpaired) electrons. The van der Waals surface area contributed by atoms with E-state index in [2.05, 4.69) is 9.84 Å². The number of aromatic nitrogens is 2. The Kier molecular flexibility index (Phi) is 3.89. The largest absolute Gasteiger partial charge is 0.435 e. The normalized spacial score (nSPS) is 10.7. The Balaban J connectivity index is 2.23. The summed E-state index contributed by atoms with van der Waals surface area (Å²) in [5.74, 6) is -0.317. The Morgan fingerprint density at radius 1 is 1.42 bits per heavy atom. The van der Waals surface area contributed by atoms with Crippen LogP contribution in [0.1, 0.15) is 22.8 Å². The first-order valence-electron chi connectivity index (χ1n) is 5.72. The number of rotatable bonds is 5. The van der Waals surface area contributed by atoms with Crippen LogP contribution in [-0.2, 0) is 6.54 Å². The molecular formula is C13H12F2N2O2. The van der Waals surface area contributed by atoms with Gasteiger partial charge in [-0.15, -0.1) is 0 Å². The molecule has 19 heavy (non-hydrogen) atoms. The topological polar surface area (TPSA) is 44.1 Å². The van der Waals surface area contributed by atoms with Gasteiger partial charge in [-0.3, -0.25) is 9.48 Å². The number of benzene rings is 1. The Bertz CT molecular complexity index is 582. The molecule has 1 aromatic heterocycles. The van der Waals surface area contributed by atoms with Crippen molar-refractivity contribution >= 4 is 5.78 Å². The van der Waals surface area contributed by atoms with Crippen molar-refractivity contribution in [3.63, 3.8) is 0 Å². The summed E-state index contributed by atoms with van der Waals surface area (Å²) in [4.78, 5) is 12.1. The summed E-state index contributed by atoms with van der Waals surface area (Å²) >= 11 is 0. The van der Waals surface area contributed by atoms with E-state index < -0.39 is 6.61 Å². The van der Waals surface area contributed by atoms with Gasteiger partial charge in [0, 0.05) is 18.3 Å². The van der Waals surface area contributed by atoms with Crippen LogP contribution in [0.3, 0.4) is 0 Å². The van der Waals surface area contributed by atoms with E-state index in [1.807, 2.05) is 6.92 Å². The van der Waals surface area contributed by atoms with E-state index in [1.54, 1.807) is 16.9 Å². The molecule has 4 nitrogen and oxygen atoms in total. The number of nitrogens with zero attached hydrogens (tertiary/aromatic N) is 2. The van der Waals surface area contributed by atoms with Crippen LogP contribution in [0.25, 0.3) is 0 Å². The minimum absolute atomic E-state index is 0.0382. The highest BCUT2D eigenvalue weighted by Crippen LogP contribution is 2.18. The molecule has 2 aromatic rings. The van der Waals surface area contributed by atoms with E-state index in [0.29, 0.717) is 12.1 Å². The second-order valence-electron chi connectivity index (χ2n) is 3.82. The maximum Gasteiger partial charge on any atom is 0.387 e. The second-order valence-corrected chi connectivity index (χ2v) is 3.82. The monoisotopic (exact) mass is 266 g/mol. The molecule has 0 N–H and O–H groups in total. The standard InChI is InChI=1S/C13H12F2N2O2/c1-2-17-8-10(7-16-17)12(18)9-4-3-5-11(6-9)19-13(14)15/h3-8,13H,2H2,1H3. The van der Waals surface area contributed by atoms with Gasteiger partial charge in [-0.25, -0.2) is 0 Å². The molecule has 100 valence electrons. The van der Waals surface area contributed by atoms with E-state index in [-0.39, 0.29) is 17.1 Å². The number of carbonyl (C=O) groups excluding carboxylic acids is 1. The summed E-state index contributed by atoms with van der Waals surface area (Å²) in [6.07, 6.45) is 3.06. The van der Waals surface area contributed by atoms with Crippen molar-refractivity contribution < 1.29 is 18.3 Å². The smallest absolute Gasteiger partial charge is 0.387 e. The molecule has 6 heteroatoms. The van der Waals surface area contributed by atoms with Crippen molar-refractivity contribution in [2.75, 3.05) is 0 Å². The van der Waals surface area contributed by atoms with Gasteiger partial charge in [-0.1, -0.05) is 12.1 Å². The number of ketones is 1. The van der Waals surface area contributed by atoms with E-state index in [1.165, 1.54) is 24.4 Å². The average molecular weight is 266 g/mol. The molecule has 1 aromatic carbocycles. The van der Waals surface area contributed by atoms with Gasteiger partial charge in [0.1, 0.15) is 5.75 Å². The van der Waals surface area contributed by atoms with Crippen molar-refractivity contribution in [2.24, 2.45) is 0 Å². The van der Waals surface area contributed by atoms with Crippen molar-refractivity contribution in [2.45, 2.75) is 20.1 Å². The minimum atomic E-state index is -2.91. The average Bonchev–Trinajstić information content (AvgIpc) is 2.86. The molecular weight excluding hydrogens is 254 g/mol. The third kappa shape index (κ3) is 3.15. The molecule has 0 saturated carbocycles. The Morgan fingerprint density at radius 2 is 2.21 bits per heavy atom. The highest BCUT2D eigenvalue weighted by molar-refractivity contribution is 6.08. The zero-order valence-electron chi connectivity index (χ0n) is 10.2. The lowest BCUT2D eigenvalue weighted by Crippen LogP contribution is -2.04. The third-order valence-corrected chi connectivity index (χ3v) is 2.54. The van der Waals surface area contributed by atoms with E-state index in [0.717, 1.165) is 0 Å². The van der Waals surface area contributed by atoms with Crippen molar-refractivity contribution in [3.05, 3.63) is 47.8 Å². The van der Waals surface area contributed by atoms with Gasteiger partial charge < -0.3 is 4.74 Å². The Hall–Kier alpha value is -2.24. The van der Waals surface area contributed by atoms with Gasteiger partial charge >= 0.3 is 6.61 Å². The molecule has 0 amide bonds. The number of aryl methyl sites for hydroxylation is 1. The third-order valence-electron chi connectivity index (χ3n) is 2.54. The van der Waals surface area contributed by atoms with Gasteiger partial charge in [-0.05, 0) is 19.1 Å². The zero-order valence-corrected chi connectivity index (χ0v) is 10.2. The zero-order chi connectivity index (χ0) is 13.8. The molecule has 0 atom stereocenters. The van der Waals surface area contributed by atoms with Crippen LogP contribution >= 0.6 is 0 Å². The molecule has 2 rings (SSSR count). The first-order chi connectivity index (χ1) is 9.10. The van der Waals surface area contributed by atoms with E-state index >= 15 is 0 Å². The van der Waals surface area contributed by atoms with Gasteiger partial charge in [-0.2, -0.15) is 13.9 Å². The summed E-state index contributed by atoms with van der Waals surface area (Å²) in [5, 5.41) is 4.00. The fourth-order valence-electron chi connectivity index (χ4n) is 1.63. The van der Waals surface area contributed by atoms with Crippen molar-refractivity contribution in [1.29, 1.82) is 0 Å². The summed E-state index contributed by atoms with van der Waals surface area (Å²) in [7, 11) is 0. The number of ether oxygens (including phenoxy) is 1. The predicted octanol–water partition coefficient (Wildman–Crippen LogP) is 2.74. The van der Waals surface area contributed by atoms with Crippen LogP contribution in [-0.4, -0.2) is 22.2 Å². The molecule has 0 spiro atoms. The van der Waals surface area contributed by atoms with E-state index in [9.17, 15) is 13.6 Å². The molecule has 0 fully saturated rings. The van der Waals surface area contributed by atoms with Crippen LogP contribution in [0.4, 0.5) is 8.78 Å². The molecule has 0 saturated heterocycles. The fraction of sp³-hybridized carbons (Fsp3) is 0.231. The van der Waals surface area contributed by atoms with Crippen LogP contribution in [0.5, 0.6) is 5.75 Å². The molecule has 0 aliphatic heterocycles. The van der Waals surface area contributed by atoms with Crippen molar-refractivity contribution in [1.82, 2.24) is 9.78 Å². The molecule has 1 heterocycles. The van der Waals surface area contributed by atoms with Gasteiger partial charge in [0.2, 0.25) is 0 Å². The first kappa shape index (κ1) is 13.2. The highest BCUT2D eigenvalue weighted by atomic mass is 19.3. The van der Waals surface area contributed by atoms with Crippen LogP contribution in [0.2, 0.25) is 0 Å². The quantitative estimate of drug-likeness (QED) is 0.781. The summed E-state index contributed by atoms with van der Waals surface area (Å²) in [6.45, 7) is -0.353. The summed E-state index contributed by atoms with van der Waals surface area (Å²) in [6, 6.07) is 5.70. The Labute approximate surface area is 108 Å². The molecule has 0 aliphatic carbocycles. The minimum Gasteiger partial charge on any atom is -0.435 e. The summed E-state index contributed by atoms with van der Waals surface area (Å²) < 4.78 is 30.1. The van der Waals surface area contributed by atoms with Gasteiger partial charge in [0.25, 0.3) is 0 Å². The fourth-order valence-corrected chi connectivity index (χ4v) is 1.63. The first-order valence-corrected chi connectivity index (χ1v) is 5.72. The lowest BCUT2D eigenvalue weighted by Gasteiger charge is -2.05. The Morgan fingerprint density at radius 3 is 2.84 bits per heavy atom. The number of hydrogen-bond donors (Lipinski definition) is 0. The molecule has 0 aliphatic rings. The van der Waals surface area contributed by atoms with Gasteiger partial charge in [0.05, 0.1) is 11.8 Å². The van der Waals surface area contributed by atoms with E-state index in [4.69, 9.17) is 0 Å². The van der Waals surface area contributed by atoms with Gasteiger partial charge in [0.15, 0.2) is 5.78 Å². The van der Waals surface area contributed by atoms with Crippen LogP contribution in [0, 0.1) is 0 Å². The predicted molar refractivity (Wildman–Crippen MR) is 64.4 cm³/mol. The molecule has 0 bridgehead atoms. The lowest BCUT2D eigenvalue weighted by molar-refractivity contribution is -0.0498. The SMILES string of the molecule is CCn1cc(C(=O)c2cccc(OC(F)F)c2)cn1. The van der Waals surface area contributed by atoms with Crippen LogP contribution < -0.4 is 4.74 Å². The highest BCUT2D eigenvalue weighted by Gasteiger charge is 2.13. The number of carbonyl (C=O) groups is 1. The van der Waals surface area contributed by atoms with Crippen molar-refractivity contribution in [3.8, 4) is 5.75 Å². The number of alkyl halides is 2.